The van der Waals surface area contributed by atoms with Crippen LogP contribution in [0.3, 0.4) is 0 Å². The van der Waals surface area contributed by atoms with Gasteiger partial charge in [0.1, 0.15) is 6.67 Å². The molecule has 102 valence electrons. The van der Waals surface area contributed by atoms with Gasteiger partial charge in [-0.15, -0.1) is 13.2 Å². The minimum atomic E-state index is -5.20. The first kappa shape index (κ1) is 15.2. The van der Waals surface area contributed by atoms with E-state index in [-0.39, 0.29) is 6.07 Å². The van der Waals surface area contributed by atoms with Crippen molar-refractivity contribution < 1.29 is 35.5 Å². The molecule has 0 amide bonds. The smallest absolute Gasteiger partial charge is 0.388 e. The summed E-state index contributed by atoms with van der Waals surface area (Å²) >= 11 is 1.16. The van der Waals surface area contributed by atoms with Gasteiger partial charge in [0.2, 0.25) is 5.88 Å². The van der Waals surface area contributed by atoms with E-state index in [0.717, 1.165) is 22.6 Å². The molecule has 0 aromatic carbocycles. The molecule has 0 aliphatic rings. The van der Waals surface area contributed by atoms with Crippen molar-refractivity contribution >= 4 is 22.6 Å². The Morgan fingerprint density at radius 2 is 1.72 bits per heavy atom. The molecule has 0 radical (unpaired) electrons. The fraction of sp³-hybridized carbons (Fsp3) is 0.375. The summed E-state index contributed by atoms with van der Waals surface area (Å²) in [6.45, 7) is -1.43. The lowest BCUT2D eigenvalue weighted by atomic mass is 10.2. The van der Waals surface area contributed by atoms with Crippen LogP contribution < -0.4 is 4.74 Å². The van der Waals surface area contributed by atoms with Crippen LogP contribution in [0.1, 0.15) is 11.3 Å². The highest BCUT2D eigenvalue weighted by Gasteiger charge is 2.37. The lowest BCUT2D eigenvalue weighted by Gasteiger charge is -2.14. The maximum absolute atomic E-state index is 12.5. The van der Waals surface area contributed by atoms with E-state index in [1.807, 2.05) is 0 Å². The Bertz CT molecular complexity index is 442. The molecule has 18 heavy (non-hydrogen) atoms. The normalized spacial score (nSPS) is 12.7. The topological polar surface area (TPSA) is 22.1 Å². The molecule has 0 atom stereocenters. The van der Waals surface area contributed by atoms with Crippen LogP contribution in [0.4, 0.5) is 30.7 Å². The zero-order valence-corrected chi connectivity index (χ0v) is 10.3. The van der Waals surface area contributed by atoms with Gasteiger partial charge >= 0.3 is 12.5 Å². The van der Waals surface area contributed by atoms with Crippen molar-refractivity contribution in [1.29, 1.82) is 0 Å². The number of rotatable bonds is 2. The van der Waals surface area contributed by atoms with E-state index >= 15 is 0 Å². The van der Waals surface area contributed by atoms with Gasteiger partial charge in [0.05, 0.1) is 11.3 Å². The molecule has 0 fully saturated rings. The predicted molar refractivity (Wildman–Crippen MR) is 53.5 cm³/mol. The highest BCUT2D eigenvalue weighted by atomic mass is 127. The highest BCUT2D eigenvalue weighted by Crippen LogP contribution is 2.36. The molecule has 1 aromatic rings. The van der Waals surface area contributed by atoms with Gasteiger partial charge in [-0.25, -0.2) is 9.37 Å². The van der Waals surface area contributed by atoms with E-state index < -0.39 is 39.9 Å². The molecule has 2 nitrogen and oxygen atoms in total. The maximum atomic E-state index is 12.5. The maximum Gasteiger partial charge on any atom is 0.574 e. The Morgan fingerprint density at radius 1 is 1.17 bits per heavy atom. The monoisotopic (exact) mass is 389 g/mol. The molecule has 0 saturated carbocycles. The third-order valence-corrected chi connectivity index (χ3v) is 2.86. The summed E-state index contributed by atoms with van der Waals surface area (Å²) < 4.78 is 88.1. The number of ether oxygens (including phenoxy) is 1. The molecule has 0 bridgehead atoms. The molecule has 0 aliphatic carbocycles. The summed E-state index contributed by atoms with van der Waals surface area (Å²) in [7, 11) is 0. The summed E-state index contributed by atoms with van der Waals surface area (Å²) in [5.41, 5.74) is -2.19. The van der Waals surface area contributed by atoms with Crippen molar-refractivity contribution in [2.24, 2.45) is 0 Å². The first-order chi connectivity index (χ1) is 8.04. The summed E-state index contributed by atoms with van der Waals surface area (Å²) in [5.74, 6) is -1.34. The molecule has 1 aromatic heterocycles. The number of pyridine rings is 1. The van der Waals surface area contributed by atoms with Gasteiger partial charge in [0.15, 0.2) is 0 Å². The summed E-state index contributed by atoms with van der Waals surface area (Å²) in [6.07, 6.45) is -10.1. The largest absolute Gasteiger partial charge is 0.574 e. The van der Waals surface area contributed by atoms with Crippen LogP contribution in [0.2, 0.25) is 0 Å². The van der Waals surface area contributed by atoms with Gasteiger partial charge < -0.3 is 4.74 Å². The predicted octanol–water partition coefficient (Wildman–Crippen LogP) is 4.07. The zero-order valence-electron chi connectivity index (χ0n) is 8.16. The molecule has 0 unspecified atom stereocenters. The second-order valence-corrected chi connectivity index (χ2v) is 4.03. The minimum absolute atomic E-state index is 0.0778. The fourth-order valence-corrected chi connectivity index (χ4v) is 1.75. The zero-order chi connectivity index (χ0) is 14.1. The lowest BCUT2D eigenvalue weighted by Crippen LogP contribution is -2.20. The quantitative estimate of drug-likeness (QED) is 0.562. The lowest BCUT2D eigenvalue weighted by molar-refractivity contribution is -0.276. The van der Waals surface area contributed by atoms with Gasteiger partial charge in [-0.2, -0.15) is 13.2 Å². The van der Waals surface area contributed by atoms with E-state index in [1.54, 1.807) is 0 Å². The Kier molecular flexibility index (Phi) is 4.28. The fourth-order valence-electron chi connectivity index (χ4n) is 1.02. The number of alkyl halides is 7. The number of halogens is 8. The third kappa shape index (κ3) is 3.85. The average molecular weight is 389 g/mol. The van der Waals surface area contributed by atoms with Crippen LogP contribution in [0.15, 0.2) is 6.07 Å². The van der Waals surface area contributed by atoms with Crippen LogP contribution in [-0.4, -0.2) is 11.3 Å². The number of nitrogens with zero attached hydrogens (tertiary/aromatic N) is 1. The Morgan fingerprint density at radius 3 is 2.11 bits per heavy atom. The van der Waals surface area contributed by atoms with E-state index in [1.165, 1.54) is 0 Å². The van der Waals surface area contributed by atoms with Crippen LogP contribution in [0.25, 0.3) is 0 Å². The second-order valence-electron chi connectivity index (χ2n) is 2.95. The number of hydrogen-bond acceptors (Lipinski definition) is 2. The SMILES string of the molecule is FCc1nc(OC(F)(F)F)cc(C(F)(F)F)c1I. The summed E-state index contributed by atoms with van der Waals surface area (Å²) in [4.78, 5) is 3.03. The highest BCUT2D eigenvalue weighted by molar-refractivity contribution is 14.1. The molecule has 0 aliphatic heterocycles. The summed E-state index contributed by atoms with van der Waals surface area (Å²) in [5, 5.41) is 0. The van der Waals surface area contributed by atoms with Crippen molar-refractivity contribution in [1.82, 2.24) is 4.98 Å². The van der Waals surface area contributed by atoms with Crippen LogP contribution in [-0.2, 0) is 12.9 Å². The molecular weight excluding hydrogens is 386 g/mol. The molecule has 0 saturated heterocycles. The van der Waals surface area contributed by atoms with E-state index in [0.29, 0.717) is 0 Å². The molecule has 0 N–H and O–H groups in total. The minimum Gasteiger partial charge on any atom is -0.388 e. The molecule has 1 rings (SSSR count). The Hall–Kier alpha value is -0.810. The van der Waals surface area contributed by atoms with Gasteiger partial charge in [-0.3, -0.25) is 0 Å². The van der Waals surface area contributed by atoms with E-state index in [2.05, 4.69) is 9.72 Å². The van der Waals surface area contributed by atoms with Gasteiger partial charge in [0, 0.05) is 9.64 Å². The second kappa shape index (κ2) is 5.05. The standard InChI is InChI=1S/C8H3F7INO/c9-2-4-6(16)3(7(10,11)12)1-5(17-4)18-8(13,14)15/h1H,2H2. The molecule has 1 heterocycles. The summed E-state index contributed by atoms with van der Waals surface area (Å²) in [6, 6.07) is 0.0778. The first-order valence-corrected chi connectivity index (χ1v) is 5.21. The van der Waals surface area contributed by atoms with E-state index in [9.17, 15) is 30.7 Å². The number of hydrogen-bond donors (Lipinski definition) is 0. The Labute approximate surface area is 109 Å². The average Bonchev–Trinajstić information content (AvgIpc) is 2.16. The van der Waals surface area contributed by atoms with Crippen molar-refractivity contribution in [3.63, 3.8) is 0 Å². The van der Waals surface area contributed by atoms with Crippen LogP contribution >= 0.6 is 22.6 Å². The molecule has 0 spiro atoms. The van der Waals surface area contributed by atoms with Crippen molar-refractivity contribution in [2.75, 3.05) is 0 Å². The van der Waals surface area contributed by atoms with E-state index in [4.69, 9.17) is 0 Å². The van der Waals surface area contributed by atoms with Gasteiger partial charge in [-0.1, -0.05) is 0 Å². The number of aromatic nitrogens is 1. The first-order valence-electron chi connectivity index (χ1n) is 4.13. The van der Waals surface area contributed by atoms with Crippen molar-refractivity contribution in [2.45, 2.75) is 19.2 Å². The molecule has 10 heteroatoms. The van der Waals surface area contributed by atoms with Crippen LogP contribution in [0, 0.1) is 3.57 Å². The van der Waals surface area contributed by atoms with Crippen molar-refractivity contribution in [3.05, 3.63) is 20.9 Å². The third-order valence-electron chi connectivity index (χ3n) is 1.66. The van der Waals surface area contributed by atoms with Gasteiger partial charge in [-0.05, 0) is 22.6 Å². The van der Waals surface area contributed by atoms with Crippen LogP contribution in [0.5, 0.6) is 5.88 Å². The van der Waals surface area contributed by atoms with Crippen molar-refractivity contribution in [3.8, 4) is 5.88 Å². The molecular formula is C8H3F7INO. The van der Waals surface area contributed by atoms with Gasteiger partial charge in [0.25, 0.3) is 0 Å². The Balaban J connectivity index is 3.31.